The fourth-order valence-corrected chi connectivity index (χ4v) is 1.33. The minimum Gasteiger partial charge on any atom is -0.0991 e. The summed E-state index contributed by atoms with van der Waals surface area (Å²) in [6.07, 6.45) is 5.86. The predicted molar refractivity (Wildman–Crippen MR) is 59.9 cm³/mol. The summed E-state index contributed by atoms with van der Waals surface area (Å²) < 4.78 is 0. The molecular formula is C13H16. The van der Waals surface area contributed by atoms with E-state index in [1.807, 2.05) is 6.08 Å². The lowest BCUT2D eigenvalue weighted by Crippen LogP contribution is -1.86. The van der Waals surface area contributed by atoms with Crippen molar-refractivity contribution in [2.24, 2.45) is 0 Å². The van der Waals surface area contributed by atoms with Crippen molar-refractivity contribution in [3.8, 4) is 0 Å². The lowest BCUT2D eigenvalue weighted by atomic mass is 10.0. The normalized spacial score (nSPS) is 10.7. The van der Waals surface area contributed by atoms with Crippen molar-refractivity contribution in [2.75, 3.05) is 0 Å². The van der Waals surface area contributed by atoms with Crippen molar-refractivity contribution < 1.29 is 0 Å². The quantitative estimate of drug-likeness (QED) is 0.595. The van der Waals surface area contributed by atoms with Crippen LogP contribution in [0.3, 0.4) is 0 Å². The van der Waals surface area contributed by atoms with Crippen LogP contribution in [0.5, 0.6) is 0 Å². The molecule has 0 saturated heterocycles. The third kappa shape index (κ3) is 2.32. The highest BCUT2D eigenvalue weighted by molar-refractivity contribution is 5.57. The van der Waals surface area contributed by atoms with Crippen molar-refractivity contribution in [3.63, 3.8) is 0 Å². The standard InChI is InChI=1S/C13H16/c1-5-6-7-13-9-11(3)10(2)8-12(13)4/h5-9H,1H2,2-4H3/b7-6-. The summed E-state index contributed by atoms with van der Waals surface area (Å²) in [5.74, 6) is 0. The second kappa shape index (κ2) is 4.08. The molecule has 0 nitrogen and oxygen atoms in total. The van der Waals surface area contributed by atoms with Crippen molar-refractivity contribution in [2.45, 2.75) is 20.8 Å². The van der Waals surface area contributed by atoms with Gasteiger partial charge in [-0.25, -0.2) is 0 Å². The maximum Gasteiger partial charge on any atom is -0.0225 e. The zero-order valence-corrected chi connectivity index (χ0v) is 8.59. The molecule has 0 aromatic heterocycles. The maximum absolute atomic E-state index is 3.66. The van der Waals surface area contributed by atoms with Gasteiger partial charge >= 0.3 is 0 Å². The largest absolute Gasteiger partial charge is 0.0991 e. The molecule has 0 aliphatic heterocycles. The summed E-state index contributed by atoms with van der Waals surface area (Å²) in [6, 6.07) is 4.43. The summed E-state index contributed by atoms with van der Waals surface area (Å²) in [4.78, 5) is 0. The van der Waals surface area contributed by atoms with Crippen LogP contribution < -0.4 is 0 Å². The van der Waals surface area contributed by atoms with E-state index in [1.54, 1.807) is 6.08 Å². The molecule has 0 aliphatic carbocycles. The van der Waals surface area contributed by atoms with Gasteiger partial charge in [-0.05, 0) is 43.0 Å². The molecule has 13 heavy (non-hydrogen) atoms. The Bertz CT molecular complexity index is 343. The number of hydrogen-bond acceptors (Lipinski definition) is 0. The van der Waals surface area contributed by atoms with Gasteiger partial charge < -0.3 is 0 Å². The zero-order chi connectivity index (χ0) is 9.84. The molecule has 0 amide bonds. The van der Waals surface area contributed by atoms with E-state index in [-0.39, 0.29) is 0 Å². The van der Waals surface area contributed by atoms with E-state index < -0.39 is 0 Å². The van der Waals surface area contributed by atoms with Crippen LogP contribution in [0.15, 0.2) is 30.9 Å². The Morgan fingerprint density at radius 1 is 1.00 bits per heavy atom. The van der Waals surface area contributed by atoms with Crippen LogP contribution in [0.25, 0.3) is 6.08 Å². The van der Waals surface area contributed by atoms with E-state index in [2.05, 4.69) is 45.6 Å². The first-order valence-corrected chi connectivity index (χ1v) is 4.52. The number of rotatable bonds is 2. The van der Waals surface area contributed by atoms with Crippen LogP contribution in [0.2, 0.25) is 0 Å². The molecule has 0 saturated carbocycles. The molecule has 0 fully saturated rings. The maximum atomic E-state index is 3.66. The average molecular weight is 172 g/mol. The van der Waals surface area contributed by atoms with Crippen LogP contribution in [0.4, 0.5) is 0 Å². The average Bonchev–Trinajstić information content (AvgIpc) is 2.09. The summed E-state index contributed by atoms with van der Waals surface area (Å²) in [5.41, 5.74) is 5.30. The van der Waals surface area contributed by atoms with Gasteiger partial charge in [0.2, 0.25) is 0 Å². The van der Waals surface area contributed by atoms with E-state index in [1.165, 1.54) is 22.3 Å². The Morgan fingerprint density at radius 3 is 2.23 bits per heavy atom. The Hall–Kier alpha value is -1.30. The molecule has 0 heterocycles. The highest BCUT2D eigenvalue weighted by Gasteiger charge is 1.97. The number of allylic oxidation sites excluding steroid dienone is 2. The molecular weight excluding hydrogens is 156 g/mol. The minimum atomic E-state index is 1.28. The first-order valence-electron chi connectivity index (χ1n) is 4.52. The number of hydrogen-bond donors (Lipinski definition) is 0. The van der Waals surface area contributed by atoms with Crippen LogP contribution in [-0.2, 0) is 0 Å². The van der Waals surface area contributed by atoms with Crippen LogP contribution in [-0.4, -0.2) is 0 Å². The van der Waals surface area contributed by atoms with E-state index >= 15 is 0 Å². The molecule has 0 N–H and O–H groups in total. The van der Waals surface area contributed by atoms with Gasteiger partial charge in [0.25, 0.3) is 0 Å². The second-order valence-corrected chi connectivity index (χ2v) is 3.39. The summed E-state index contributed by atoms with van der Waals surface area (Å²) in [6.45, 7) is 10.1. The Kier molecular flexibility index (Phi) is 3.07. The molecule has 0 radical (unpaired) electrons. The predicted octanol–water partition coefficient (Wildman–Crippen LogP) is 3.81. The first kappa shape index (κ1) is 9.79. The molecule has 68 valence electrons. The molecule has 0 unspecified atom stereocenters. The third-order valence-electron chi connectivity index (χ3n) is 2.29. The Labute approximate surface area is 80.6 Å². The number of aryl methyl sites for hydroxylation is 3. The SMILES string of the molecule is C=C/C=C\c1cc(C)c(C)cc1C. The second-order valence-electron chi connectivity index (χ2n) is 3.39. The molecule has 1 rings (SSSR count). The van der Waals surface area contributed by atoms with Crippen molar-refractivity contribution in [3.05, 3.63) is 53.1 Å². The van der Waals surface area contributed by atoms with Gasteiger partial charge in [-0.2, -0.15) is 0 Å². The van der Waals surface area contributed by atoms with Crippen molar-refractivity contribution in [1.82, 2.24) is 0 Å². The fraction of sp³-hybridized carbons (Fsp3) is 0.231. The first-order chi connectivity index (χ1) is 6.15. The molecule has 0 atom stereocenters. The van der Waals surface area contributed by atoms with E-state index in [4.69, 9.17) is 0 Å². The van der Waals surface area contributed by atoms with Gasteiger partial charge in [0, 0.05) is 0 Å². The summed E-state index contributed by atoms with van der Waals surface area (Å²) in [5, 5.41) is 0. The Morgan fingerprint density at radius 2 is 1.62 bits per heavy atom. The van der Waals surface area contributed by atoms with Crippen LogP contribution in [0, 0.1) is 20.8 Å². The molecule has 1 aromatic carbocycles. The van der Waals surface area contributed by atoms with Gasteiger partial charge in [0.1, 0.15) is 0 Å². The van der Waals surface area contributed by atoms with Gasteiger partial charge in [0.05, 0.1) is 0 Å². The lowest BCUT2D eigenvalue weighted by molar-refractivity contribution is 1.29. The highest BCUT2D eigenvalue weighted by Crippen LogP contribution is 2.16. The van der Waals surface area contributed by atoms with E-state index in [0.29, 0.717) is 0 Å². The van der Waals surface area contributed by atoms with Gasteiger partial charge in [-0.15, -0.1) is 0 Å². The highest BCUT2D eigenvalue weighted by atomic mass is 14.0. The molecule has 0 spiro atoms. The van der Waals surface area contributed by atoms with Crippen LogP contribution >= 0.6 is 0 Å². The van der Waals surface area contributed by atoms with Gasteiger partial charge in [-0.3, -0.25) is 0 Å². The van der Waals surface area contributed by atoms with E-state index in [9.17, 15) is 0 Å². The fourth-order valence-electron chi connectivity index (χ4n) is 1.33. The molecule has 0 heteroatoms. The van der Waals surface area contributed by atoms with E-state index in [0.717, 1.165) is 0 Å². The molecule has 0 bridgehead atoms. The summed E-state index contributed by atoms with van der Waals surface area (Å²) in [7, 11) is 0. The molecule has 0 aliphatic rings. The van der Waals surface area contributed by atoms with Crippen molar-refractivity contribution >= 4 is 6.08 Å². The summed E-state index contributed by atoms with van der Waals surface area (Å²) >= 11 is 0. The monoisotopic (exact) mass is 172 g/mol. The number of benzene rings is 1. The zero-order valence-electron chi connectivity index (χ0n) is 8.59. The van der Waals surface area contributed by atoms with Gasteiger partial charge in [0.15, 0.2) is 0 Å². The Balaban J connectivity index is 3.15. The van der Waals surface area contributed by atoms with Crippen LogP contribution in [0.1, 0.15) is 22.3 Å². The topological polar surface area (TPSA) is 0 Å². The van der Waals surface area contributed by atoms with Crippen molar-refractivity contribution in [1.29, 1.82) is 0 Å². The third-order valence-corrected chi connectivity index (χ3v) is 2.29. The smallest absolute Gasteiger partial charge is 0.0225 e. The molecule has 1 aromatic rings. The lowest BCUT2D eigenvalue weighted by Gasteiger charge is -2.05. The minimum absolute atomic E-state index is 1.28. The van der Waals surface area contributed by atoms with Gasteiger partial charge in [-0.1, -0.05) is 36.9 Å².